The van der Waals surface area contributed by atoms with Crippen LogP contribution in [0.15, 0.2) is 22.7 Å². The van der Waals surface area contributed by atoms with Crippen molar-refractivity contribution in [1.29, 1.82) is 0 Å². The Kier molecular flexibility index (Phi) is 6.73. The predicted octanol–water partition coefficient (Wildman–Crippen LogP) is 2.42. The number of alkyl halides is 2. The minimum Gasteiger partial charge on any atom is -0.434 e. The minimum absolute atomic E-state index is 0.0307. The molecule has 0 saturated carbocycles. The Morgan fingerprint density at radius 1 is 1.43 bits per heavy atom. The fourth-order valence-corrected chi connectivity index (χ4v) is 2.89. The zero-order valence-electron chi connectivity index (χ0n) is 12.4. The lowest BCUT2D eigenvalue weighted by Gasteiger charge is -2.26. The molecule has 1 aliphatic heterocycles. The number of amides is 1. The van der Waals surface area contributed by atoms with Crippen LogP contribution in [0.25, 0.3) is 0 Å². The lowest BCUT2D eigenvalue weighted by Crippen LogP contribution is -2.46. The first kappa shape index (κ1) is 18.1. The van der Waals surface area contributed by atoms with Gasteiger partial charge in [0, 0.05) is 29.8 Å². The maximum Gasteiger partial charge on any atom is 0.387 e. The maximum absolute atomic E-state index is 12.4. The summed E-state index contributed by atoms with van der Waals surface area (Å²) in [4.78, 5) is 12.2. The molecule has 1 aromatic carbocycles. The van der Waals surface area contributed by atoms with Crippen LogP contribution in [-0.2, 0) is 16.1 Å². The van der Waals surface area contributed by atoms with Crippen molar-refractivity contribution in [2.24, 2.45) is 11.7 Å². The first-order chi connectivity index (χ1) is 11.0. The second kappa shape index (κ2) is 8.56. The first-order valence-corrected chi connectivity index (χ1v) is 8.11. The largest absolute Gasteiger partial charge is 0.434 e. The molecule has 3 N–H and O–H groups in total. The Hall–Kier alpha value is -1.25. The summed E-state index contributed by atoms with van der Waals surface area (Å²) < 4.78 is 35.2. The molecule has 1 unspecified atom stereocenters. The third-order valence-corrected chi connectivity index (χ3v) is 4.26. The molecule has 1 fully saturated rings. The van der Waals surface area contributed by atoms with Crippen molar-refractivity contribution in [3.63, 3.8) is 0 Å². The first-order valence-electron chi connectivity index (χ1n) is 7.31. The number of rotatable bonds is 6. The molecule has 0 spiro atoms. The van der Waals surface area contributed by atoms with E-state index in [4.69, 9.17) is 10.5 Å². The highest BCUT2D eigenvalue weighted by Crippen LogP contribution is 2.25. The van der Waals surface area contributed by atoms with E-state index in [2.05, 4.69) is 26.0 Å². The third kappa shape index (κ3) is 5.40. The predicted molar refractivity (Wildman–Crippen MR) is 84.1 cm³/mol. The summed E-state index contributed by atoms with van der Waals surface area (Å²) in [5.41, 5.74) is 6.43. The molecule has 1 saturated heterocycles. The molecule has 5 nitrogen and oxygen atoms in total. The van der Waals surface area contributed by atoms with Gasteiger partial charge in [-0.25, -0.2) is 0 Å². The van der Waals surface area contributed by atoms with Crippen LogP contribution >= 0.6 is 15.9 Å². The van der Waals surface area contributed by atoms with E-state index in [0.717, 1.165) is 12.8 Å². The Morgan fingerprint density at radius 3 is 2.78 bits per heavy atom. The number of carbonyl (C=O) groups excluding carboxylic acids is 1. The van der Waals surface area contributed by atoms with Crippen LogP contribution in [-0.4, -0.2) is 31.8 Å². The maximum atomic E-state index is 12.4. The van der Waals surface area contributed by atoms with Crippen LogP contribution in [0, 0.1) is 5.92 Å². The fourth-order valence-electron chi connectivity index (χ4n) is 2.49. The Balaban J connectivity index is 1.96. The average Bonchev–Trinajstić information content (AvgIpc) is 2.54. The van der Waals surface area contributed by atoms with Crippen molar-refractivity contribution in [1.82, 2.24) is 5.32 Å². The summed E-state index contributed by atoms with van der Waals surface area (Å²) in [6.07, 6.45) is 1.48. The van der Waals surface area contributed by atoms with Crippen LogP contribution in [0.1, 0.15) is 18.4 Å². The monoisotopic (exact) mass is 392 g/mol. The zero-order valence-corrected chi connectivity index (χ0v) is 14.0. The highest BCUT2D eigenvalue weighted by atomic mass is 79.9. The van der Waals surface area contributed by atoms with Gasteiger partial charge in [-0.2, -0.15) is 8.78 Å². The van der Waals surface area contributed by atoms with E-state index >= 15 is 0 Å². The second-order valence-corrected chi connectivity index (χ2v) is 6.24. The van der Waals surface area contributed by atoms with Gasteiger partial charge < -0.3 is 20.5 Å². The number of hydrogen-bond acceptors (Lipinski definition) is 4. The van der Waals surface area contributed by atoms with E-state index in [1.54, 1.807) is 12.1 Å². The van der Waals surface area contributed by atoms with Crippen molar-refractivity contribution in [2.45, 2.75) is 32.0 Å². The van der Waals surface area contributed by atoms with Crippen LogP contribution in [0.4, 0.5) is 8.78 Å². The number of halogens is 3. The molecule has 1 aromatic rings. The van der Waals surface area contributed by atoms with Gasteiger partial charge in [-0.15, -0.1) is 0 Å². The molecule has 1 aliphatic rings. The third-order valence-electron chi connectivity index (χ3n) is 3.77. The summed E-state index contributed by atoms with van der Waals surface area (Å²) in [6.45, 7) is -1.65. The zero-order chi connectivity index (χ0) is 16.8. The molecule has 1 amide bonds. The second-order valence-electron chi connectivity index (χ2n) is 5.32. The molecule has 8 heteroatoms. The van der Waals surface area contributed by atoms with E-state index in [-0.39, 0.29) is 24.1 Å². The molecular weight excluding hydrogens is 374 g/mol. The number of benzene rings is 1. The highest BCUT2D eigenvalue weighted by Gasteiger charge is 2.26. The van der Waals surface area contributed by atoms with Gasteiger partial charge in [-0.1, -0.05) is 15.9 Å². The van der Waals surface area contributed by atoms with E-state index in [0.29, 0.717) is 23.2 Å². The Labute approximate surface area is 141 Å². The molecule has 0 bridgehead atoms. The van der Waals surface area contributed by atoms with Gasteiger partial charge in [0.25, 0.3) is 0 Å². The summed E-state index contributed by atoms with van der Waals surface area (Å²) in [5.74, 6) is -0.203. The van der Waals surface area contributed by atoms with Crippen molar-refractivity contribution in [3.8, 4) is 5.75 Å². The Morgan fingerprint density at radius 2 is 2.13 bits per heavy atom. The number of carbonyl (C=O) groups is 1. The van der Waals surface area contributed by atoms with Gasteiger partial charge in [-0.05, 0) is 37.0 Å². The van der Waals surface area contributed by atoms with Crippen LogP contribution in [0.5, 0.6) is 5.75 Å². The summed E-state index contributed by atoms with van der Waals surface area (Å²) >= 11 is 3.27. The van der Waals surface area contributed by atoms with Gasteiger partial charge in [0.2, 0.25) is 5.91 Å². The summed E-state index contributed by atoms with van der Waals surface area (Å²) in [5, 5.41) is 2.69. The van der Waals surface area contributed by atoms with Crippen molar-refractivity contribution < 1.29 is 23.0 Å². The number of hydrogen-bond donors (Lipinski definition) is 2. The molecule has 0 radical (unpaired) electrons. The fraction of sp³-hybridized carbons (Fsp3) is 0.533. The summed E-state index contributed by atoms with van der Waals surface area (Å²) in [7, 11) is 0. The topological polar surface area (TPSA) is 73.6 Å². The molecular formula is C15H19BrF2N2O3. The van der Waals surface area contributed by atoms with Crippen LogP contribution < -0.4 is 15.8 Å². The molecule has 2 rings (SSSR count). The minimum atomic E-state index is -2.92. The van der Waals surface area contributed by atoms with Crippen molar-refractivity contribution in [2.75, 3.05) is 13.2 Å². The van der Waals surface area contributed by atoms with Crippen LogP contribution in [0.2, 0.25) is 0 Å². The smallest absolute Gasteiger partial charge is 0.387 e. The normalized spacial score (nSPS) is 17.1. The lowest BCUT2D eigenvalue weighted by atomic mass is 9.92. The van der Waals surface area contributed by atoms with E-state index in [1.807, 2.05) is 0 Å². The van der Waals surface area contributed by atoms with Gasteiger partial charge >= 0.3 is 6.61 Å². The van der Waals surface area contributed by atoms with Crippen molar-refractivity contribution in [3.05, 3.63) is 28.2 Å². The molecule has 1 atom stereocenters. The average molecular weight is 393 g/mol. The van der Waals surface area contributed by atoms with Crippen LogP contribution in [0.3, 0.4) is 0 Å². The SMILES string of the molecule is NC(C(=O)NCc1cc(Br)ccc1OC(F)F)C1CCOCC1. The number of ether oxygens (including phenoxy) is 2. The van der Waals surface area contributed by atoms with Gasteiger partial charge in [0.15, 0.2) is 0 Å². The standard InChI is InChI=1S/C15H19BrF2N2O3/c16-11-1-2-12(23-15(17)18)10(7-11)8-20-14(21)13(19)9-3-5-22-6-4-9/h1-2,7,9,13,15H,3-6,8,19H2,(H,20,21). The van der Waals surface area contributed by atoms with Gasteiger partial charge in [0.05, 0.1) is 6.04 Å². The van der Waals surface area contributed by atoms with E-state index in [9.17, 15) is 13.6 Å². The van der Waals surface area contributed by atoms with Gasteiger partial charge in [0.1, 0.15) is 5.75 Å². The number of nitrogens with two attached hydrogens (primary N) is 1. The molecule has 1 heterocycles. The quantitative estimate of drug-likeness (QED) is 0.779. The highest BCUT2D eigenvalue weighted by molar-refractivity contribution is 9.10. The molecule has 23 heavy (non-hydrogen) atoms. The number of nitrogens with one attached hydrogen (secondary N) is 1. The van der Waals surface area contributed by atoms with E-state index in [1.165, 1.54) is 6.07 Å². The molecule has 0 aliphatic carbocycles. The molecule has 0 aromatic heterocycles. The van der Waals surface area contributed by atoms with Crippen molar-refractivity contribution >= 4 is 21.8 Å². The lowest BCUT2D eigenvalue weighted by molar-refractivity contribution is -0.124. The molecule has 128 valence electrons. The van der Waals surface area contributed by atoms with E-state index < -0.39 is 12.7 Å². The summed E-state index contributed by atoms with van der Waals surface area (Å²) in [6, 6.07) is 4.01. The van der Waals surface area contributed by atoms with Gasteiger partial charge in [-0.3, -0.25) is 4.79 Å². The Bertz CT molecular complexity index is 539.